The molecule has 0 aromatic heterocycles. The molecule has 0 saturated heterocycles. The highest BCUT2D eigenvalue weighted by Gasteiger charge is 2.53. The second-order valence-corrected chi connectivity index (χ2v) is 10.7. The van der Waals surface area contributed by atoms with Gasteiger partial charge in [-0.05, 0) is 98.7 Å². The van der Waals surface area contributed by atoms with Crippen molar-refractivity contribution >= 4 is 11.9 Å². The average Bonchev–Trinajstić information content (AvgIpc) is 2.69. The second kappa shape index (κ2) is 8.84. The predicted octanol–water partition coefficient (Wildman–Crippen LogP) is 4.76. The van der Waals surface area contributed by atoms with E-state index >= 15 is 0 Å². The molecule has 4 saturated carbocycles. The first-order valence-electron chi connectivity index (χ1n) is 11.9. The van der Waals surface area contributed by atoms with Gasteiger partial charge in [-0.3, -0.25) is 4.79 Å². The number of benzene rings is 1. The molecule has 4 aliphatic carbocycles. The van der Waals surface area contributed by atoms with Crippen molar-refractivity contribution in [1.29, 1.82) is 0 Å². The Balaban J connectivity index is 1.24. The first-order chi connectivity index (χ1) is 14.7. The minimum absolute atomic E-state index is 0.129. The van der Waals surface area contributed by atoms with Gasteiger partial charge in [0.15, 0.2) is 13.2 Å². The van der Waals surface area contributed by atoms with Crippen LogP contribution in [0.3, 0.4) is 0 Å². The Labute approximate surface area is 186 Å². The van der Waals surface area contributed by atoms with Crippen LogP contribution in [0, 0.1) is 30.1 Å². The van der Waals surface area contributed by atoms with Crippen LogP contribution < -0.4 is 10.1 Å². The van der Waals surface area contributed by atoms with E-state index in [2.05, 4.69) is 26.1 Å². The quantitative estimate of drug-likeness (QED) is 0.608. The summed E-state index contributed by atoms with van der Waals surface area (Å²) in [5, 5.41) is 3.14. The van der Waals surface area contributed by atoms with E-state index < -0.39 is 5.97 Å². The van der Waals surface area contributed by atoms with E-state index in [0.29, 0.717) is 11.7 Å². The Kier molecular flexibility index (Phi) is 6.32. The standard InChI is InChI=1S/C26H37NO4/c1-16(2)22-6-5-17(3)7-23(22)30-15-25(29)31-14-24(28)27-18(4)26-11-19-8-20(12-26)10-21(9-19)13-26/h5-7,16,18-21H,8-15H2,1-4H3,(H,27,28)/t18-,19?,20?,21?,26?/m0/s1. The van der Waals surface area contributed by atoms with Gasteiger partial charge in [0.1, 0.15) is 5.75 Å². The summed E-state index contributed by atoms with van der Waals surface area (Å²) in [5.41, 5.74) is 2.38. The summed E-state index contributed by atoms with van der Waals surface area (Å²) in [5.74, 6) is 2.80. The molecular weight excluding hydrogens is 390 g/mol. The molecule has 0 radical (unpaired) electrons. The molecule has 0 unspecified atom stereocenters. The third kappa shape index (κ3) is 4.91. The Hall–Kier alpha value is -2.04. The van der Waals surface area contributed by atoms with Crippen LogP contribution in [0.15, 0.2) is 18.2 Å². The number of nitrogens with one attached hydrogen (secondary N) is 1. The predicted molar refractivity (Wildman–Crippen MR) is 120 cm³/mol. The van der Waals surface area contributed by atoms with Crippen molar-refractivity contribution in [3.63, 3.8) is 0 Å². The lowest BCUT2D eigenvalue weighted by atomic mass is 9.48. The molecule has 4 aliphatic rings. The monoisotopic (exact) mass is 427 g/mol. The molecule has 0 heterocycles. The zero-order valence-corrected chi connectivity index (χ0v) is 19.4. The van der Waals surface area contributed by atoms with E-state index in [0.717, 1.165) is 28.9 Å². The summed E-state index contributed by atoms with van der Waals surface area (Å²) in [7, 11) is 0. The number of hydrogen-bond donors (Lipinski definition) is 1. The summed E-state index contributed by atoms with van der Waals surface area (Å²) in [6, 6.07) is 6.13. The van der Waals surface area contributed by atoms with Crippen molar-refractivity contribution in [3.05, 3.63) is 29.3 Å². The van der Waals surface area contributed by atoms with Gasteiger partial charge in [-0.1, -0.05) is 26.0 Å². The molecular formula is C26H37NO4. The fourth-order valence-corrected chi connectivity index (χ4v) is 6.71. The van der Waals surface area contributed by atoms with Crippen LogP contribution in [-0.4, -0.2) is 31.1 Å². The van der Waals surface area contributed by atoms with Gasteiger partial charge in [0.2, 0.25) is 0 Å². The van der Waals surface area contributed by atoms with Gasteiger partial charge >= 0.3 is 5.97 Å². The summed E-state index contributed by atoms with van der Waals surface area (Å²) in [4.78, 5) is 24.7. The molecule has 1 aromatic rings. The van der Waals surface area contributed by atoms with Crippen molar-refractivity contribution in [2.45, 2.75) is 78.2 Å². The van der Waals surface area contributed by atoms with Gasteiger partial charge in [-0.2, -0.15) is 0 Å². The molecule has 31 heavy (non-hydrogen) atoms. The molecule has 5 rings (SSSR count). The molecule has 0 aliphatic heterocycles. The highest BCUT2D eigenvalue weighted by Crippen LogP contribution is 2.61. The number of ether oxygens (including phenoxy) is 2. The largest absolute Gasteiger partial charge is 0.482 e. The molecule has 1 amide bonds. The minimum atomic E-state index is -0.520. The van der Waals surface area contributed by atoms with Crippen LogP contribution in [0.25, 0.3) is 0 Å². The molecule has 5 heteroatoms. The Bertz CT molecular complexity index is 795. The van der Waals surface area contributed by atoms with Crippen molar-refractivity contribution in [1.82, 2.24) is 5.32 Å². The van der Waals surface area contributed by atoms with Crippen molar-refractivity contribution < 1.29 is 19.1 Å². The summed E-state index contributed by atoms with van der Waals surface area (Å²) in [6.07, 6.45) is 7.87. The van der Waals surface area contributed by atoms with E-state index in [9.17, 15) is 9.59 Å². The molecule has 0 spiro atoms. The van der Waals surface area contributed by atoms with Crippen LogP contribution in [0.4, 0.5) is 0 Å². The van der Waals surface area contributed by atoms with Gasteiger partial charge in [0, 0.05) is 6.04 Å². The van der Waals surface area contributed by atoms with Crippen molar-refractivity contribution in [2.24, 2.45) is 23.2 Å². The van der Waals surface area contributed by atoms with Gasteiger partial charge in [-0.25, -0.2) is 4.79 Å². The van der Waals surface area contributed by atoms with Crippen LogP contribution in [0.2, 0.25) is 0 Å². The highest BCUT2D eigenvalue weighted by atomic mass is 16.6. The molecule has 5 nitrogen and oxygen atoms in total. The number of esters is 1. The van der Waals surface area contributed by atoms with E-state index in [-0.39, 0.29) is 30.6 Å². The summed E-state index contributed by atoms with van der Waals surface area (Å²) < 4.78 is 10.9. The highest BCUT2D eigenvalue weighted by molar-refractivity contribution is 5.81. The van der Waals surface area contributed by atoms with Gasteiger partial charge in [0.25, 0.3) is 5.91 Å². The van der Waals surface area contributed by atoms with Gasteiger partial charge in [0.05, 0.1) is 0 Å². The molecule has 4 bridgehead atoms. The summed E-state index contributed by atoms with van der Waals surface area (Å²) in [6.45, 7) is 7.87. The minimum Gasteiger partial charge on any atom is -0.482 e. The zero-order chi connectivity index (χ0) is 22.2. The summed E-state index contributed by atoms with van der Waals surface area (Å²) >= 11 is 0. The third-order valence-corrected chi connectivity index (χ3v) is 7.88. The Morgan fingerprint density at radius 2 is 1.65 bits per heavy atom. The maximum absolute atomic E-state index is 12.5. The number of amides is 1. The smallest absolute Gasteiger partial charge is 0.344 e. The number of carbonyl (C=O) groups excluding carboxylic acids is 2. The molecule has 1 N–H and O–H groups in total. The molecule has 170 valence electrons. The maximum Gasteiger partial charge on any atom is 0.344 e. The van der Waals surface area contributed by atoms with E-state index in [4.69, 9.17) is 9.47 Å². The average molecular weight is 428 g/mol. The SMILES string of the molecule is Cc1ccc(C(C)C)c(OCC(=O)OCC(=O)N[C@@H](C)C23CC4CC(CC(C4)C2)C3)c1. The first-order valence-corrected chi connectivity index (χ1v) is 11.9. The Morgan fingerprint density at radius 1 is 1.03 bits per heavy atom. The van der Waals surface area contributed by atoms with Crippen LogP contribution in [0.5, 0.6) is 5.75 Å². The van der Waals surface area contributed by atoms with Crippen molar-refractivity contribution in [2.75, 3.05) is 13.2 Å². The van der Waals surface area contributed by atoms with E-state index in [1.54, 1.807) is 0 Å². The van der Waals surface area contributed by atoms with Gasteiger partial charge in [-0.15, -0.1) is 0 Å². The van der Waals surface area contributed by atoms with E-state index in [1.807, 2.05) is 25.1 Å². The number of rotatable bonds is 8. The van der Waals surface area contributed by atoms with Crippen LogP contribution in [0.1, 0.15) is 76.3 Å². The lowest BCUT2D eigenvalue weighted by Gasteiger charge is -2.59. The zero-order valence-electron chi connectivity index (χ0n) is 19.4. The first kappa shape index (κ1) is 22.2. The molecule has 4 fully saturated rings. The maximum atomic E-state index is 12.5. The third-order valence-electron chi connectivity index (χ3n) is 7.88. The second-order valence-electron chi connectivity index (χ2n) is 10.7. The van der Waals surface area contributed by atoms with E-state index in [1.165, 1.54) is 38.5 Å². The normalized spacial score (nSPS) is 29.6. The fraction of sp³-hybridized carbons (Fsp3) is 0.692. The van der Waals surface area contributed by atoms with Gasteiger partial charge < -0.3 is 14.8 Å². The molecule has 1 aromatic carbocycles. The molecule has 1 atom stereocenters. The Morgan fingerprint density at radius 3 is 2.23 bits per heavy atom. The topological polar surface area (TPSA) is 64.6 Å². The van der Waals surface area contributed by atoms with Crippen LogP contribution in [-0.2, 0) is 14.3 Å². The number of hydrogen-bond acceptors (Lipinski definition) is 4. The fourth-order valence-electron chi connectivity index (χ4n) is 6.71. The lowest BCUT2D eigenvalue weighted by Crippen LogP contribution is -2.56. The van der Waals surface area contributed by atoms with Crippen LogP contribution >= 0.6 is 0 Å². The van der Waals surface area contributed by atoms with Crippen molar-refractivity contribution in [3.8, 4) is 5.75 Å². The lowest BCUT2D eigenvalue weighted by molar-refractivity contribution is -0.151. The number of aryl methyl sites for hydroxylation is 1. The number of carbonyl (C=O) groups is 2.